The van der Waals surface area contributed by atoms with Gasteiger partial charge in [0.25, 0.3) is 5.91 Å². The molecule has 0 aromatic heterocycles. The van der Waals surface area contributed by atoms with Crippen LogP contribution in [0.5, 0.6) is 0 Å². The van der Waals surface area contributed by atoms with E-state index >= 15 is 0 Å². The maximum atomic E-state index is 13.0. The molecule has 2 aliphatic rings. The smallest absolute Gasteiger partial charge is 0.267 e. The van der Waals surface area contributed by atoms with Crippen LogP contribution >= 0.6 is 0 Å². The zero-order chi connectivity index (χ0) is 19.2. The summed E-state index contributed by atoms with van der Waals surface area (Å²) in [5.74, 6) is -0.290. The van der Waals surface area contributed by atoms with E-state index in [1.54, 1.807) is 12.1 Å². The largest absolute Gasteiger partial charge is 0.351 e. The van der Waals surface area contributed by atoms with Gasteiger partial charge in [0.1, 0.15) is 11.5 Å². The van der Waals surface area contributed by atoms with Crippen molar-refractivity contribution < 1.29 is 14.0 Å². The Kier molecular flexibility index (Phi) is 6.55. The molecule has 3 rings (SSSR count). The number of carbonyl (C=O) groups excluding carboxylic acids is 2. The van der Waals surface area contributed by atoms with Crippen molar-refractivity contribution in [1.82, 2.24) is 15.2 Å². The number of hydrogen-bond acceptors (Lipinski definition) is 4. The highest BCUT2D eigenvalue weighted by molar-refractivity contribution is 6.39. The number of nitrogens with one attached hydrogen (secondary N) is 1. The van der Waals surface area contributed by atoms with Gasteiger partial charge in [-0.3, -0.25) is 9.59 Å². The van der Waals surface area contributed by atoms with E-state index in [9.17, 15) is 14.0 Å². The van der Waals surface area contributed by atoms with Crippen LogP contribution in [0, 0.1) is 11.7 Å². The first-order chi connectivity index (χ1) is 13.0. The molecule has 1 unspecified atom stereocenters. The average Bonchev–Trinajstić information content (AvgIpc) is 3.16. The van der Waals surface area contributed by atoms with E-state index in [2.05, 4.69) is 22.2 Å². The molecular formula is C20H27FN4O2. The summed E-state index contributed by atoms with van der Waals surface area (Å²) in [7, 11) is 0. The number of nitrogens with zero attached hydrogens (tertiary/aromatic N) is 3. The summed E-state index contributed by atoms with van der Waals surface area (Å²) in [6.45, 7) is 6.24. The Morgan fingerprint density at radius 1 is 1.22 bits per heavy atom. The summed E-state index contributed by atoms with van der Waals surface area (Å²) >= 11 is 0. The Morgan fingerprint density at radius 2 is 1.93 bits per heavy atom. The Balaban J connectivity index is 1.53. The number of hydrogen-bond donors (Lipinski definition) is 1. The highest BCUT2D eigenvalue weighted by Gasteiger charge is 2.25. The molecule has 146 valence electrons. The van der Waals surface area contributed by atoms with Gasteiger partial charge in [-0.2, -0.15) is 5.10 Å². The lowest BCUT2D eigenvalue weighted by atomic mass is 10.1. The molecule has 27 heavy (non-hydrogen) atoms. The quantitative estimate of drug-likeness (QED) is 0.795. The van der Waals surface area contributed by atoms with Gasteiger partial charge >= 0.3 is 0 Å². The third-order valence-electron chi connectivity index (χ3n) is 4.99. The molecule has 1 aromatic rings. The second-order valence-corrected chi connectivity index (χ2v) is 7.45. The third-order valence-corrected chi connectivity index (χ3v) is 4.99. The van der Waals surface area contributed by atoms with E-state index in [0.717, 1.165) is 25.2 Å². The van der Waals surface area contributed by atoms with Gasteiger partial charge in [-0.25, -0.2) is 9.40 Å². The van der Waals surface area contributed by atoms with Crippen molar-refractivity contribution in [3.05, 3.63) is 35.6 Å². The Hall–Kier alpha value is -2.28. The van der Waals surface area contributed by atoms with Crippen LogP contribution in [0.1, 0.15) is 38.2 Å². The molecule has 0 spiro atoms. The van der Waals surface area contributed by atoms with Crippen LogP contribution in [0.15, 0.2) is 29.4 Å². The number of likely N-dealkylation sites (tertiary alicyclic amines) is 1. The maximum Gasteiger partial charge on any atom is 0.267 e. The van der Waals surface area contributed by atoms with Crippen LogP contribution in [0.25, 0.3) is 0 Å². The molecule has 0 saturated carbocycles. The number of hydrazone groups is 1. The van der Waals surface area contributed by atoms with Crippen LogP contribution in [-0.4, -0.2) is 53.6 Å². The molecule has 1 atom stereocenters. The Labute approximate surface area is 159 Å². The highest BCUT2D eigenvalue weighted by Crippen LogP contribution is 2.15. The monoisotopic (exact) mass is 374 g/mol. The first kappa shape index (κ1) is 19.5. The fraction of sp³-hybridized carbons (Fsp3) is 0.550. The van der Waals surface area contributed by atoms with Gasteiger partial charge in [0, 0.05) is 25.9 Å². The van der Waals surface area contributed by atoms with E-state index in [-0.39, 0.29) is 30.6 Å². The normalized spacial score (nSPS) is 19.1. The zero-order valence-electron chi connectivity index (χ0n) is 15.8. The van der Waals surface area contributed by atoms with E-state index in [0.29, 0.717) is 24.6 Å². The highest BCUT2D eigenvalue weighted by atomic mass is 19.1. The van der Waals surface area contributed by atoms with Crippen LogP contribution in [0.3, 0.4) is 0 Å². The van der Waals surface area contributed by atoms with Crippen molar-refractivity contribution >= 4 is 17.5 Å². The van der Waals surface area contributed by atoms with Crippen molar-refractivity contribution in [2.75, 3.05) is 26.2 Å². The minimum Gasteiger partial charge on any atom is -0.351 e. The number of rotatable bonds is 7. The fourth-order valence-electron chi connectivity index (χ4n) is 3.49. The molecule has 1 saturated heterocycles. The predicted octanol–water partition coefficient (Wildman–Crippen LogP) is 2.15. The molecule has 1 N–H and O–H groups in total. The van der Waals surface area contributed by atoms with Crippen molar-refractivity contribution in [3.8, 4) is 0 Å². The summed E-state index contributed by atoms with van der Waals surface area (Å²) in [5.41, 5.74) is 1.15. The van der Waals surface area contributed by atoms with Crippen LogP contribution in [0.4, 0.5) is 4.39 Å². The predicted molar refractivity (Wildman–Crippen MR) is 101 cm³/mol. The van der Waals surface area contributed by atoms with Gasteiger partial charge in [-0.15, -0.1) is 0 Å². The van der Waals surface area contributed by atoms with Gasteiger partial charge in [-0.1, -0.05) is 19.1 Å². The second-order valence-electron chi connectivity index (χ2n) is 7.45. The van der Waals surface area contributed by atoms with Gasteiger partial charge in [0.05, 0.1) is 6.54 Å². The fourth-order valence-corrected chi connectivity index (χ4v) is 3.49. The van der Waals surface area contributed by atoms with Crippen molar-refractivity contribution in [2.24, 2.45) is 11.0 Å². The average molecular weight is 374 g/mol. The molecule has 7 heteroatoms. The van der Waals surface area contributed by atoms with Gasteiger partial charge in [-0.05, 0) is 49.5 Å². The standard InChI is InChI=1S/C20H27FN4O2/c1-15(13-24-10-2-3-11-24)12-22-20(27)18-8-9-19(26)25(23-18)14-16-4-6-17(21)7-5-16/h4-7,15H,2-3,8-14H2,1H3,(H,22,27). The first-order valence-corrected chi connectivity index (χ1v) is 9.64. The first-order valence-electron chi connectivity index (χ1n) is 9.64. The lowest BCUT2D eigenvalue weighted by Crippen LogP contribution is -2.41. The van der Waals surface area contributed by atoms with E-state index in [4.69, 9.17) is 0 Å². The molecule has 1 aromatic carbocycles. The third kappa shape index (κ3) is 5.60. The van der Waals surface area contributed by atoms with Gasteiger partial charge in [0.2, 0.25) is 5.91 Å². The molecule has 1 fully saturated rings. The van der Waals surface area contributed by atoms with E-state index < -0.39 is 0 Å². The maximum absolute atomic E-state index is 13.0. The Bertz CT molecular complexity index is 698. The topological polar surface area (TPSA) is 65.0 Å². The van der Waals surface area contributed by atoms with E-state index in [1.807, 2.05) is 0 Å². The summed E-state index contributed by atoms with van der Waals surface area (Å²) in [6.07, 6.45) is 3.13. The number of benzene rings is 1. The summed E-state index contributed by atoms with van der Waals surface area (Å²) < 4.78 is 13.0. The molecule has 2 aliphatic heterocycles. The van der Waals surface area contributed by atoms with Crippen LogP contribution < -0.4 is 5.32 Å². The molecule has 0 aliphatic carbocycles. The molecule has 6 nitrogen and oxygen atoms in total. The summed E-state index contributed by atoms with van der Waals surface area (Å²) in [6, 6.07) is 5.94. The lowest BCUT2D eigenvalue weighted by molar-refractivity contribution is -0.132. The second kappa shape index (κ2) is 9.08. The van der Waals surface area contributed by atoms with Gasteiger partial charge < -0.3 is 10.2 Å². The van der Waals surface area contributed by atoms with E-state index in [1.165, 1.54) is 30.0 Å². The molecule has 0 radical (unpaired) electrons. The van der Waals surface area contributed by atoms with Crippen molar-refractivity contribution in [1.29, 1.82) is 0 Å². The number of carbonyl (C=O) groups is 2. The Morgan fingerprint density at radius 3 is 2.63 bits per heavy atom. The zero-order valence-corrected chi connectivity index (χ0v) is 15.8. The SMILES string of the molecule is CC(CNC(=O)C1=NN(Cc2ccc(F)cc2)C(=O)CC1)CN1CCCC1. The van der Waals surface area contributed by atoms with Crippen molar-refractivity contribution in [3.63, 3.8) is 0 Å². The van der Waals surface area contributed by atoms with Crippen LogP contribution in [-0.2, 0) is 16.1 Å². The molecular weight excluding hydrogens is 347 g/mol. The minimum atomic E-state index is -0.324. The van der Waals surface area contributed by atoms with Crippen LogP contribution in [0.2, 0.25) is 0 Å². The molecule has 0 bridgehead atoms. The summed E-state index contributed by atoms with van der Waals surface area (Å²) in [5, 5.41) is 8.50. The molecule has 2 heterocycles. The molecule has 2 amide bonds. The van der Waals surface area contributed by atoms with Crippen molar-refractivity contribution in [2.45, 2.75) is 39.2 Å². The minimum absolute atomic E-state index is 0.127. The van der Waals surface area contributed by atoms with Gasteiger partial charge in [0.15, 0.2) is 0 Å². The lowest BCUT2D eigenvalue weighted by Gasteiger charge is -2.24. The number of amides is 2. The number of halogens is 1. The summed E-state index contributed by atoms with van der Waals surface area (Å²) in [4.78, 5) is 27.0.